The molecule has 0 unspecified atom stereocenters. The minimum Gasteiger partial charge on any atom is -0.445 e. The largest absolute Gasteiger partial charge is 0.445 e. The first-order chi connectivity index (χ1) is 9.34. The maximum Gasteiger partial charge on any atom is 0.315 e. The van der Waals surface area contributed by atoms with Gasteiger partial charge in [0.25, 0.3) is 0 Å². The Morgan fingerprint density at radius 2 is 2.10 bits per heavy atom. The molecule has 0 aliphatic rings. The van der Waals surface area contributed by atoms with Crippen LogP contribution in [0.3, 0.4) is 0 Å². The molecule has 20 heavy (non-hydrogen) atoms. The number of nitrogens with one attached hydrogen (secondary N) is 2. The zero-order valence-corrected chi connectivity index (χ0v) is 12.9. The monoisotopic (exact) mass is 279 g/mol. The summed E-state index contributed by atoms with van der Waals surface area (Å²) in [7, 11) is 0. The molecule has 0 atom stereocenters. The van der Waals surface area contributed by atoms with Gasteiger partial charge in [-0.15, -0.1) is 6.58 Å². The number of urea groups is 1. The summed E-state index contributed by atoms with van der Waals surface area (Å²) in [6.07, 6.45) is 3.24. The van der Waals surface area contributed by atoms with Crippen molar-refractivity contribution >= 4 is 6.03 Å². The first-order valence-electron chi connectivity index (χ1n) is 6.94. The highest BCUT2D eigenvalue weighted by Crippen LogP contribution is 2.24. The Morgan fingerprint density at radius 3 is 2.65 bits per heavy atom. The molecule has 0 radical (unpaired) electrons. The molecule has 2 amide bonds. The lowest BCUT2D eigenvalue weighted by atomic mass is 9.97. The smallest absolute Gasteiger partial charge is 0.315 e. The van der Waals surface area contributed by atoms with Gasteiger partial charge in [-0.05, 0) is 13.3 Å². The summed E-state index contributed by atoms with van der Waals surface area (Å²) in [5, 5.41) is 5.45. The third kappa shape index (κ3) is 5.07. The van der Waals surface area contributed by atoms with Crippen molar-refractivity contribution in [1.29, 1.82) is 0 Å². The number of oxazole rings is 1. The predicted molar refractivity (Wildman–Crippen MR) is 79.9 cm³/mol. The molecular formula is C15H25N3O2. The number of carbonyl (C=O) groups is 1. The summed E-state index contributed by atoms with van der Waals surface area (Å²) < 4.78 is 5.80. The molecule has 0 aliphatic carbocycles. The van der Waals surface area contributed by atoms with E-state index in [9.17, 15) is 4.79 Å². The van der Waals surface area contributed by atoms with Crippen molar-refractivity contribution in [3.8, 4) is 0 Å². The summed E-state index contributed by atoms with van der Waals surface area (Å²) in [4.78, 5) is 15.8. The highest BCUT2D eigenvalue weighted by atomic mass is 16.4. The van der Waals surface area contributed by atoms with Gasteiger partial charge in [0.2, 0.25) is 0 Å². The average molecular weight is 279 g/mol. The highest BCUT2D eigenvalue weighted by molar-refractivity contribution is 5.73. The van der Waals surface area contributed by atoms with E-state index in [-0.39, 0.29) is 11.4 Å². The molecular weight excluding hydrogens is 254 g/mol. The summed E-state index contributed by atoms with van der Waals surface area (Å²) in [6.45, 7) is 12.8. The third-order valence-corrected chi connectivity index (χ3v) is 2.81. The summed E-state index contributed by atoms with van der Waals surface area (Å²) in [5.74, 6) is 1.67. The Bertz CT molecular complexity index is 458. The van der Waals surface area contributed by atoms with Crippen LogP contribution in [0.5, 0.6) is 0 Å². The van der Waals surface area contributed by atoms with Crippen molar-refractivity contribution in [1.82, 2.24) is 15.6 Å². The van der Waals surface area contributed by atoms with Crippen LogP contribution >= 0.6 is 0 Å². The third-order valence-electron chi connectivity index (χ3n) is 2.81. The Morgan fingerprint density at radius 1 is 1.40 bits per heavy atom. The van der Waals surface area contributed by atoms with Gasteiger partial charge in [-0.3, -0.25) is 0 Å². The molecule has 0 bridgehead atoms. The van der Waals surface area contributed by atoms with Gasteiger partial charge in [-0.1, -0.05) is 26.8 Å². The van der Waals surface area contributed by atoms with Crippen LogP contribution < -0.4 is 10.6 Å². The van der Waals surface area contributed by atoms with E-state index in [0.29, 0.717) is 13.1 Å². The van der Waals surface area contributed by atoms with Crippen molar-refractivity contribution < 1.29 is 9.21 Å². The minimum atomic E-state index is -0.172. The summed E-state index contributed by atoms with van der Waals surface area (Å²) in [6, 6.07) is -0.172. The van der Waals surface area contributed by atoms with Crippen molar-refractivity contribution in [2.45, 2.75) is 46.0 Å². The molecule has 1 heterocycles. The van der Waals surface area contributed by atoms with Gasteiger partial charge in [0.1, 0.15) is 5.76 Å². The van der Waals surface area contributed by atoms with E-state index in [1.807, 2.05) is 6.92 Å². The standard InChI is InChI=1S/C15H25N3O2/c1-6-9-16-14(19)17-10-7-8-12-11(2)18-13(20-12)15(3,4)5/h6H,1,7-10H2,2-5H3,(H2,16,17,19). The molecule has 1 aromatic rings. The van der Waals surface area contributed by atoms with Crippen LogP contribution in [0.15, 0.2) is 17.1 Å². The normalized spacial score (nSPS) is 11.2. The van der Waals surface area contributed by atoms with E-state index in [1.165, 1.54) is 0 Å². The molecule has 5 heteroatoms. The van der Waals surface area contributed by atoms with E-state index >= 15 is 0 Å². The molecule has 0 saturated carbocycles. The van der Waals surface area contributed by atoms with Crippen LogP contribution in [0.4, 0.5) is 4.79 Å². The van der Waals surface area contributed by atoms with Crippen molar-refractivity contribution in [3.05, 3.63) is 30.0 Å². The van der Waals surface area contributed by atoms with Crippen LogP contribution in [-0.4, -0.2) is 24.1 Å². The lowest BCUT2D eigenvalue weighted by Gasteiger charge is -2.12. The molecule has 5 nitrogen and oxygen atoms in total. The highest BCUT2D eigenvalue weighted by Gasteiger charge is 2.21. The van der Waals surface area contributed by atoms with E-state index in [1.54, 1.807) is 6.08 Å². The van der Waals surface area contributed by atoms with Gasteiger partial charge in [-0.2, -0.15) is 0 Å². The molecule has 0 fully saturated rings. The second kappa shape index (κ2) is 7.12. The van der Waals surface area contributed by atoms with Gasteiger partial charge in [0, 0.05) is 24.9 Å². The van der Waals surface area contributed by atoms with Crippen LogP contribution in [0.1, 0.15) is 44.5 Å². The number of rotatable bonds is 6. The number of carbonyl (C=O) groups excluding carboxylic acids is 1. The van der Waals surface area contributed by atoms with E-state index < -0.39 is 0 Å². The second-order valence-corrected chi connectivity index (χ2v) is 5.81. The Balaban J connectivity index is 2.37. The SMILES string of the molecule is C=CCNC(=O)NCCCc1oc(C(C)(C)C)nc1C. The number of aryl methyl sites for hydroxylation is 2. The molecule has 112 valence electrons. The molecule has 0 saturated heterocycles. The predicted octanol–water partition coefficient (Wildman–Crippen LogP) is 2.70. The van der Waals surface area contributed by atoms with Gasteiger partial charge < -0.3 is 15.1 Å². The molecule has 1 rings (SSSR count). The van der Waals surface area contributed by atoms with Crippen LogP contribution in [0.2, 0.25) is 0 Å². The Hall–Kier alpha value is -1.78. The Labute approximate surface area is 120 Å². The van der Waals surface area contributed by atoms with Crippen molar-refractivity contribution in [2.75, 3.05) is 13.1 Å². The first-order valence-corrected chi connectivity index (χ1v) is 6.94. The van der Waals surface area contributed by atoms with Gasteiger partial charge in [-0.25, -0.2) is 9.78 Å². The fourth-order valence-electron chi connectivity index (χ4n) is 1.66. The minimum absolute atomic E-state index is 0.0775. The van der Waals surface area contributed by atoms with E-state index in [0.717, 1.165) is 30.2 Å². The van der Waals surface area contributed by atoms with Gasteiger partial charge in [0.15, 0.2) is 5.89 Å². The number of nitrogens with zero attached hydrogens (tertiary/aromatic N) is 1. The molecule has 1 aromatic heterocycles. The number of amides is 2. The van der Waals surface area contributed by atoms with Gasteiger partial charge >= 0.3 is 6.03 Å². The van der Waals surface area contributed by atoms with Crippen molar-refractivity contribution in [2.24, 2.45) is 0 Å². The first kappa shape index (κ1) is 16.3. The molecule has 0 aliphatic heterocycles. The zero-order chi connectivity index (χ0) is 15.2. The number of hydrogen-bond donors (Lipinski definition) is 2. The molecule has 0 spiro atoms. The number of aromatic nitrogens is 1. The summed E-state index contributed by atoms with van der Waals surface area (Å²) >= 11 is 0. The maximum absolute atomic E-state index is 11.3. The van der Waals surface area contributed by atoms with Crippen LogP contribution in [-0.2, 0) is 11.8 Å². The van der Waals surface area contributed by atoms with Gasteiger partial charge in [0.05, 0.1) is 5.69 Å². The fourth-order valence-corrected chi connectivity index (χ4v) is 1.66. The fraction of sp³-hybridized carbons (Fsp3) is 0.600. The number of hydrogen-bond acceptors (Lipinski definition) is 3. The Kier molecular flexibility index (Phi) is 5.80. The zero-order valence-electron chi connectivity index (χ0n) is 12.9. The van der Waals surface area contributed by atoms with Crippen molar-refractivity contribution in [3.63, 3.8) is 0 Å². The topological polar surface area (TPSA) is 67.2 Å². The van der Waals surface area contributed by atoms with E-state index in [2.05, 4.69) is 43.0 Å². The lowest BCUT2D eigenvalue weighted by molar-refractivity contribution is 0.241. The molecule has 2 N–H and O–H groups in total. The molecule has 0 aromatic carbocycles. The second-order valence-electron chi connectivity index (χ2n) is 5.81. The lowest BCUT2D eigenvalue weighted by Crippen LogP contribution is -2.36. The summed E-state index contributed by atoms with van der Waals surface area (Å²) in [5.41, 5.74) is 0.859. The van der Waals surface area contributed by atoms with Crippen LogP contribution in [0, 0.1) is 6.92 Å². The quantitative estimate of drug-likeness (QED) is 0.621. The average Bonchev–Trinajstić information content (AvgIpc) is 2.73. The van der Waals surface area contributed by atoms with E-state index in [4.69, 9.17) is 4.42 Å². The van der Waals surface area contributed by atoms with Crippen LogP contribution in [0.25, 0.3) is 0 Å². The maximum atomic E-state index is 11.3.